The van der Waals surface area contributed by atoms with Crippen LogP contribution in [0.3, 0.4) is 0 Å². The van der Waals surface area contributed by atoms with Crippen LogP contribution >= 0.6 is 24.2 Å². The predicted octanol–water partition coefficient (Wildman–Crippen LogP) is 4.17. The summed E-state index contributed by atoms with van der Waals surface area (Å²) in [6, 6.07) is 9.84. The number of piperidine rings is 1. The zero-order chi connectivity index (χ0) is 11.7. The number of rotatable bonds is 2. The van der Waals surface area contributed by atoms with Gasteiger partial charge in [0.15, 0.2) is 0 Å². The van der Waals surface area contributed by atoms with E-state index in [0.717, 1.165) is 12.0 Å². The molecule has 100 valence electrons. The summed E-state index contributed by atoms with van der Waals surface area (Å²) in [5.41, 5.74) is 1.62. The molecular weight excluding hydrogens is 262 g/mol. The van der Waals surface area contributed by atoms with Crippen LogP contribution in [-0.4, -0.2) is 29.8 Å². The average molecular weight is 284 g/mol. The molecule has 0 unspecified atom stereocenters. The van der Waals surface area contributed by atoms with Gasteiger partial charge in [-0.25, -0.2) is 0 Å². The van der Waals surface area contributed by atoms with Gasteiger partial charge in [0, 0.05) is 22.6 Å². The molecule has 2 heterocycles. The van der Waals surface area contributed by atoms with Crippen molar-refractivity contribution in [1.29, 1.82) is 0 Å². The number of hydrogen-bond donors (Lipinski definition) is 0. The van der Waals surface area contributed by atoms with E-state index in [1.165, 1.54) is 43.0 Å². The van der Waals surface area contributed by atoms with Gasteiger partial charge in [-0.15, -0.1) is 24.2 Å². The Morgan fingerprint density at radius 3 is 3.00 bits per heavy atom. The minimum atomic E-state index is 0. The summed E-state index contributed by atoms with van der Waals surface area (Å²) in [6.45, 7) is 4.90. The van der Waals surface area contributed by atoms with E-state index < -0.39 is 0 Å². The van der Waals surface area contributed by atoms with E-state index >= 15 is 0 Å². The van der Waals surface area contributed by atoms with E-state index in [1.54, 1.807) is 5.56 Å². The molecule has 18 heavy (non-hydrogen) atoms. The third-order valence-corrected chi connectivity index (χ3v) is 5.32. The fraction of sp³-hybridized carbons (Fsp3) is 0.600. The summed E-state index contributed by atoms with van der Waals surface area (Å²) in [4.78, 5) is 4.27. The molecule has 0 amide bonds. The molecule has 0 saturated carbocycles. The van der Waals surface area contributed by atoms with Gasteiger partial charge in [-0.2, -0.15) is 0 Å². The fourth-order valence-electron chi connectivity index (χ4n) is 3.37. The minimum absolute atomic E-state index is 0. The lowest BCUT2D eigenvalue weighted by Crippen LogP contribution is -2.47. The maximum absolute atomic E-state index is 2.73. The van der Waals surface area contributed by atoms with Crippen LogP contribution in [0.1, 0.15) is 37.7 Å². The van der Waals surface area contributed by atoms with Crippen LogP contribution < -0.4 is 0 Å². The van der Waals surface area contributed by atoms with E-state index in [-0.39, 0.29) is 12.4 Å². The van der Waals surface area contributed by atoms with Crippen LogP contribution in [0.5, 0.6) is 0 Å². The third-order valence-electron chi connectivity index (χ3n) is 4.13. The zero-order valence-electron chi connectivity index (χ0n) is 11.0. The Kier molecular flexibility index (Phi) is 4.99. The molecule has 0 aromatic heterocycles. The predicted molar refractivity (Wildman–Crippen MR) is 82.0 cm³/mol. The molecule has 0 N–H and O–H groups in total. The molecule has 1 aromatic carbocycles. The van der Waals surface area contributed by atoms with Crippen molar-refractivity contribution in [3.8, 4) is 0 Å². The normalized spacial score (nSPS) is 26.9. The van der Waals surface area contributed by atoms with Crippen LogP contribution in [0.25, 0.3) is 0 Å². The lowest BCUT2D eigenvalue weighted by atomic mass is 9.83. The van der Waals surface area contributed by atoms with Gasteiger partial charge in [-0.1, -0.05) is 25.1 Å². The molecule has 1 aromatic rings. The molecule has 3 heteroatoms. The van der Waals surface area contributed by atoms with Gasteiger partial charge in [-0.3, -0.25) is 4.90 Å². The van der Waals surface area contributed by atoms with Crippen LogP contribution in [-0.2, 0) is 0 Å². The van der Waals surface area contributed by atoms with Gasteiger partial charge in [-0.05, 0) is 44.0 Å². The standard InChI is InChI=1S/C15H21NS.ClH/c1-2-9-16-10-5-7-12-13-6-3-4-8-15(13)17-11-14(12)16;/h3-4,6,8,12,14H,2,5,7,9-11H2,1H3;1H/t12-,14-;/m1./s1. The van der Waals surface area contributed by atoms with Crippen LogP contribution in [0.2, 0.25) is 0 Å². The molecule has 2 atom stereocenters. The summed E-state index contributed by atoms with van der Waals surface area (Å²) in [5.74, 6) is 2.09. The van der Waals surface area contributed by atoms with Crippen molar-refractivity contribution in [2.24, 2.45) is 0 Å². The SMILES string of the molecule is CCCN1CCC[C@@H]2c3ccccc3SC[C@H]21.Cl. The first-order chi connectivity index (χ1) is 8.40. The molecule has 2 aliphatic heterocycles. The highest BCUT2D eigenvalue weighted by molar-refractivity contribution is 7.99. The summed E-state index contributed by atoms with van der Waals surface area (Å²) >= 11 is 2.06. The van der Waals surface area contributed by atoms with E-state index in [0.29, 0.717) is 0 Å². The topological polar surface area (TPSA) is 3.24 Å². The molecule has 0 bridgehead atoms. The Morgan fingerprint density at radius 1 is 1.33 bits per heavy atom. The summed E-state index contributed by atoms with van der Waals surface area (Å²) in [7, 11) is 0. The first kappa shape index (κ1) is 14.2. The molecule has 1 saturated heterocycles. The highest BCUT2D eigenvalue weighted by atomic mass is 35.5. The number of fused-ring (bicyclic) bond motifs is 3. The van der Waals surface area contributed by atoms with Crippen molar-refractivity contribution < 1.29 is 0 Å². The van der Waals surface area contributed by atoms with Crippen LogP contribution in [0.4, 0.5) is 0 Å². The average Bonchev–Trinajstić information content (AvgIpc) is 2.39. The molecular formula is C15H22ClNS. The van der Waals surface area contributed by atoms with Gasteiger partial charge in [0.25, 0.3) is 0 Å². The van der Waals surface area contributed by atoms with Gasteiger partial charge in [0.05, 0.1) is 0 Å². The van der Waals surface area contributed by atoms with Crippen molar-refractivity contribution in [1.82, 2.24) is 4.90 Å². The molecule has 0 spiro atoms. The number of halogens is 1. The molecule has 2 aliphatic rings. The smallest absolute Gasteiger partial charge is 0.0258 e. The van der Waals surface area contributed by atoms with Crippen LogP contribution in [0.15, 0.2) is 29.2 Å². The van der Waals surface area contributed by atoms with Crippen molar-refractivity contribution in [2.75, 3.05) is 18.8 Å². The van der Waals surface area contributed by atoms with Gasteiger partial charge in [0.1, 0.15) is 0 Å². The van der Waals surface area contributed by atoms with Crippen molar-refractivity contribution in [3.63, 3.8) is 0 Å². The highest BCUT2D eigenvalue weighted by Gasteiger charge is 2.35. The van der Waals surface area contributed by atoms with Crippen molar-refractivity contribution >= 4 is 24.2 Å². The maximum Gasteiger partial charge on any atom is 0.0258 e. The first-order valence-electron chi connectivity index (χ1n) is 6.86. The molecule has 1 fully saturated rings. The fourth-order valence-corrected chi connectivity index (χ4v) is 4.72. The Hall–Kier alpha value is -0.180. The number of nitrogens with zero attached hydrogens (tertiary/aromatic N) is 1. The largest absolute Gasteiger partial charge is 0.299 e. The van der Waals surface area contributed by atoms with Crippen molar-refractivity contribution in [3.05, 3.63) is 29.8 Å². The van der Waals surface area contributed by atoms with Gasteiger partial charge in [0.2, 0.25) is 0 Å². The zero-order valence-corrected chi connectivity index (χ0v) is 12.6. The maximum atomic E-state index is 2.73. The summed E-state index contributed by atoms with van der Waals surface area (Å²) < 4.78 is 0. The van der Waals surface area contributed by atoms with E-state index in [9.17, 15) is 0 Å². The highest BCUT2D eigenvalue weighted by Crippen LogP contribution is 2.43. The lowest BCUT2D eigenvalue weighted by Gasteiger charge is -2.44. The molecule has 1 nitrogen and oxygen atoms in total. The minimum Gasteiger partial charge on any atom is -0.299 e. The molecule has 0 radical (unpaired) electrons. The second-order valence-electron chi connectivity index (χ2n) is 5.20. The Morgan fingerprint density at radius 2 is 2.17 bits per heavy atom. The quantitative estimate of drug-likeness (QED) is 0.801. The van der Waals surface area contributed by atoms with Crippen LogP contribution in [0, 0.1) is 0 Å². The Labute approximate surface area is 121 Å². The number of thioether (sulfide) groups is 1. The Bertz CT molecular complexity index is 394. The van der Waals surface area contributed by atoms with Gasteiger partial charge >= 0.3 is 0 Å². The summed E-state index contributed by atoms with van der Waals surface area (Å²) in [5, 5.41) is 0. The molecule has 0 aliphatic carbocycles. The Balaban J connectivity index is 0.00000120. The lowest BCUT2D eigenvalue weighted by molar-refractivity contribution is 0.139. The first-order valence-corrected chi connectivity index (χ1v) is 7.84. The second kappa shape index (κ2) is 6.31. The number of hydrogen-bond acceptors (Lipinski definition) is 2. The van der Waals surface area contributed by atoms with E-state index in [2.05, 4.69) is 47.9 Å². The molecule has 3 rings (SSSR count). The monoisotopic (exact) mass is 283 g/mol. The second-order valence-corrected chi connectivity index (χ2v) is 6.26. The van der Waals surface area contributed by atoms with Gasteiger partial charge < -0.3 is 0 Å². The number of benzene rings is 1. The van der Waals surface area contributed by atoms with E-state index in [4.69, 9.17) is 0 Å². The third kappa shape index (κ3) is 2.56. The summed E-state index contributed by atoms with van der Waals surface area (Å²) in [6.07, 6.45) is 4.05. The van der Waals surface area contributed by atoms with E-state index in [1.807, 2.05) is 0 Å². The van der Waals surface area contributed by atoms with Crippen molar-refractivity contribution in [2.45, 2.75) is 43.0 Å². The number of likely N-dealkylation sites (tertiary alicyclic amines) is 1.